The number of aliphatic hydroxyl groups excluding tert-OH is 1. The number of anilines is 1. The van der Waals surface area contributed by atoms with E-state index in [1.54, 1.807) is 25.1 Å². The van der Waals surface area contributed by atoms with Crippen LogP contribution in [0.2, 0.25) is 0 Å². The molecule has 1 atom stereocenters. The van der Waals surface area contributed by atoms with Crippen molar-refractivity contribution in [2.75, 3.05) is 18.5 Å². The second kappa shape index (κ2) is 7.13. The van der Waals surface area contributed by atoms with Crippen LogP contribution in [0.1, 0.15) is 6.92 Å². The molecule has 0 saturated heterocycles. The van der Waals surface area contributed by atoms with Crippen molar-refractivity contribution < 1.29 is 14.7 Å². The van der Waals surface area contributed by atoms with Crippen molar-refractivity contribution in [1.29, 1.82) is 0 Å². The molecule has 1 aromatic carbocycles. The summed E-state index contributed by atoms with van der Waals surface area (Å²) in [6, 6.07) is 7.02. The predicted molar refractivity (Wildman–Crippen MR) is 72.0 cm³/mol. The van der Waals surface area contributed by atoms with Crippen molar-refractivity contribution in [2.24, 2.45) is 5.92 Å². The number of carbonyl (C=O) groups excluding carboxylic acids is 2. The minimum absolute atomic E-state index is 0.0356. The molecule has 0 heterocycles. The first-order valence-electron chi connectivity index (χ1n) is 5.49. The van der Waals surface area contributed by atoms with E-state index in [2.05, 4.69) is 26.6 Å². The minimum Gasteiger partial charge on any atom is -0.396 e. The maximum absolute atomic E-state index is 11.6. The quantitative estimate of drug-likeness (QED) is 0.729. The van der Waals surface area contributed by atoms with Crippen LogP contribution in [0.15, 0.2) is 28.7 Å². The van der Waals surface area contributed by atoms with Crippen LogP contribution >= 0.6 is 15.9 Å². The third-order valence-corrected chi connectivity index (χ3v) is 2.94. The Morgan fingerprint density at radius 2 is 2.00 bits per heavy atom. The molecule has 1 unspecified atom stereocenters. The first-order valence-corrected chi connectivity index (χ1v) is 6.28. The molecule has 0 saturated carbocycles. The predicted octanol–water partition coefficient (Wildman–Crippen LogP) is 1.13. The highest BCUT2D eigenvalue weighted by molar-refractivity contribution is 9.10. The Kier molecular flexibility index (Phi) is 5.80. The molecule has 2 amide bonds. The standard InChI is InChI=1S/C12H15BrN2O3/c1-8(7-16)6-14-11(17)12(18)15-10-5-3-2-4-9(10)13/h2-5,8,16H,6-7H2,1H3,(H,14,17)(H,15,18). The molecule has 98 valence electrons. The summed E-state index contributed by atoms with van der Waals surface area (Å²) in [6.07, 6.45) is 0. The van der Waals surface area contributed by atoms with Gasteiger partial charge in [-0.25, -0.2) is 0 Å². The molecule has 0 aromatic heterocycles. The van der Waals surface area contributed by atoms with E-state index < -0.39 is 11.8 Å². The highest BCUT2D eigenvalue weighted by atomic mass is 79.9. The summed E-state index contributed by atoms with van der Waals surface area (Å²) in [5.74, 6) is -1.52. The summed E-state index contributed by atoms with van der Waals surface area (Å²) >= 11 is 3.27. The number of hydrogen-bond donors (Lipinski definition) is 3. The largest absolute Gasteiger partial charge is 0.396 e. The van der Waals surface area contributed by atoms with E-state index >= 15 is 0 Å². The van der Waals surface area contributed by atoms with Gasteiger partial charge in [-0.3, -0.25) is 9.59 Å². The van der Waals surface area contributed by atoms with Gasteiger partial charge in [-0.1, -0.05) is 19.1 Å². The summed E-state index contributed by atoms with van der Waals surface area (Å²) in [5, 5.41) is 13.7. The Hall–Kier alpha value is -1.40. The van der Waals surface area contributed by atoms with E-state index in [0.717, 1.165) is 0 Å². The molecular formula is C12H15BrN2O3. The number of rotatable bonds is 4. The van der Waals surface area contributed by atoms with Crippen LogP contribution in [0, 0.1) is 5.92 Å². The zero-order valence-electron chi connectivity index (χ0n) is 9.94. The topological polar surface area (TPSA) is 78.4 Å². The van der Waals surface area contributed by atoms with Crippen molar-refractivity contribution in [3.8, 4) is 0 Å². The Morgan fingerprint density at radius 3 is 2.61 bits per heavy atom. The summed E-state index contributed by atoms with van der Waals surface area (Å²) < 4.78 is 0.704. The van der Waals surface area contributed by atoms with Crippen LogP contribution in [0.4, 0.5) is 5.69 Å². The summed E-state index contributed by atoms with van der Waals surface area (Å²) in [4.78, 5) is 23.0. The van der Waals surface area contributed by atoms with Crippen molar-refractivity contribution in [2.45, 2.75) is 6.92 Å². The highest BCUT2D eigenvalue weighted by Crippen LogP contribution is 2.20. The molecule has 1 rings (SSSR count). The number of amides is 2. The van der Waals surface area contributed by atoms with Gasteiger partial charge in [-0.15, -0.1) is 0 Å². The maximum atomic E-state index is 11.6. The van der Waals surface area contributed by atoms with E-state index in [-0.39, 0.29) is 19.1 Å². The molecule has 0 aliphatic rings. The Balaban J connectivity index is 2.50. The van der Waals surface area contributed by atoms with Crippen molar-refractivity contribution in [1.82, 2.24) is 5.32 Å². The first-order chi connectivity index (χ1) is 8.54. The van der Waals surface area contributed by atoms with Gasteiger partial charge >= 0.3 is 11.8 Å². The van der Waals surface area contributed by atoms with Gasteiger partial charge in [0.1, 0.15) is 0 Å². The highest BCUT2D eigenvalue weighted by Gasteiger charge is 2.15. The van der Waals surface area contributed by atoms with Crippen LogP contribution in [-0.4, -0.2) is 30.1 Å². The number of para-hydroxylation sites is 1. The molecule has 0 fully saturated rings. The monoisotopic (exact) mass is 314 g/mol. The lowest BCUT2D eigenvalue weighted by atomic mass is 10.2. The van der Waals surface area contributed by atoms with Crippen LogP contribution in [0.25, 0.3) is 0 Å². The molecule has 1 aromatic rings. The van der Waals surface area contributed by atoms with E-state index in [4.69, 9.17) is 5.11 Å². The van der Waals surface area contributed by atoms with Crippen LogP contribution < -0.4 is 10.6 Å². The van der Waals surface area contributed by atoms with Crippen molar-refractivity contribution in [3.63, 3.8) is 0 Å². The van der Waals surface area contributed by atoms with E-state index in [0.29, 0.717) is 10.2 Å². The molecule has 6 heteroatoms. The number of aliphatic hydroxyl groups is 1. The smallest absolute Gasteiger partial charge is 0.313 e. The zero-order valence-corrected chi connectivity index (χ0v) is 11.5. The summed E-state index contributed by atoms with van der Waals surface area (Å²) in [6.45, 7) is 2.00. The molecule has 5 nitrogen and oxygen atoms in total. The summed E-state index contributed by atoms with van der Waals surface area (Å²) in [5.41, 5.74) is 0.535. The number of halogens is 1. The lowest BCUT2D eigenvalue weighted by Gasteiger charge is -2.10. The van der Waals surface area contributed by atoms with Gasteiger partial charge < -0.3 is 15.7 Å². The Bertz CT molecular complexity index is 437. The normalized spacial score (nSPS) is 11.7. The van der Waals surface area contributed by atoms with Crippen LogP contribution in [0.3, 0.4) is 0 Å². The van der Waals surface area contributed by atoms with Gasteiger partial charge in [0.2, 0.25) is 0 Å². The molecule has 3 N–H and O–H groups in total. The molecule has 0 bridgehead atoms. The van der Waals surface area contributed by atoms with Gasteiger partial charge in [-0.05, 0) is 34.0 Å². The molecule has 0 aliphatic heterocycles. The maximum Gasteiger partial charge on any atom is 0.313 e. The van der Waals surface area contributed by atoms with E-state index in [1.165, 1.54) is 0 Å². The Labute approximate surface area is 114 Å². The zero-order chi connectivity index (χ0) is 13.5. The van der Waals surface area contributed by atoms with Crippen LogP contribution in [-0.2, 0) is 9.59 Å². The van der Waals surface area contributed by atoms with Gasteiger partial charge in [-0.2, -0.15) is 0 Å². The minimum atomic E-state index is -0.730. The van der Waals surface area contributed by atoms with Crippen molar-refractivity contribution >= 4 is 33.4 Å². The third-order valence-electron chi connectivity index (χ3n) is 2.25. The fraction of sp³-hybridized carbons (Fsp3) is 0.333. The second-order valence-corrected chi connectivity index (χ2v) is 4.79. The van der Waals surface area contributed by atoms with Crippen molar-refractivity contribution in [3.05, 3.63) is 28.7 Å². The number of hydrogen-bond acceptors (Lipinski definition) is 3. The third kappa shape index (κ3) is 4.46. The first kappa shape index (κ1) is 14.7. The van der Waals surface area contributed by atoms with Gasteiger partial charge in [0.05, 0.1) is 5.69 Å². The van der Waals surface area contributed by atoms with Gasteiger partial charge in [0.25, 0.3) is 0 Å². The van der Waals surface area contributed by atoms with Gasteiger partial charge in [0.15, 0.2) is 0 Å². The molecule has 0 radical (unpaired) electrons. The molecule has 18 heavy (non-hydrogen) atoms. The SMILES string of the molecule is CC(CO)CNC(=O)C(=O)Nc1ccccc1Br. The fourth-order valence-corrected chi connectivity index (χ4v) is 1.54. The van der Waals surface area contributed by atoms with Crippen LogP contribution in [0.5, 0.6) is 0 Å². The molecule has 0 spiro atoms. The molecular weight excluding hydrogens is 300 g/mol. The average molecular weight is 315 g/mol. The second-order valence-electron chi connectivity index (χ2n) is 3.93. The molecule has 0 aliphatic carbocycles. The average Bonchev–Trinajstić information content (AvgIpc) is 2.38. The number of carbonyl (C=O) groups is 2. The Morgan fingerprint density at radius 1 is 1.33 bits per heavy atom. The lowest BCUT2D eigenvalue weighted by molar-refractivity contribution is -0.136. The lowest BCUT2D eigenvalue weighted by Crippen LogP contribution is -2.38. The number of benzene rings is 1. The van der Waals surface area contributed by atoms with E-state index in [1.807, 2.05) is 6.07 Å². The fourth-order valence-electron chi connectivity index (χ4n) is 1.15. The number of nitrogens with one attached hydrogen (secondary N) is 2. The summed E-state index contributed by atoms with van der Waals surface area (Å²) in [7, 11) is 0. The van der Waals surface area contributed by atoms with Gasteiger partial charge in [0, 0.05) is 17.6 Å². The van der Waals surface area contributed by atoms with E-state index in [9.17, 15) is 9.59 Å².